The van der Waals surface area contributed by atoms with Gasteiger partial charge in [0.15, 0.2) is 5.82 Å². The number of methoxy groups -OCH3 is 2. The minimum Gasteiger partial charge on any atom is -0.507 e. The Morgan fingerprint density at radius 3 is 2.32 bits per heavy atom. The van der Waals surface area contributed by atoms with Gasteiger partial charge < -0.3 is 24.2 Å². The normalized spacial score (nSPS) is 20.6. The fourth-order valence-corrected chi connectivity index (χ4v) is 4.23. The summed E-state index contributed by atoms with van der Waals surface area (Å²) in [5, 5.41) is 10.3. The van der Waals surface area contributed by atoms with E-state index in [2.05, 4.69) is 4.90 Å². The van der Waals surface area contributed by atoms with Crippen LogP contribution in [0.3, 0.4) is 0 Å². The molecule has 2 aliphatic rings. The zero-order valence-electron chi connectivity index (χ0n) is 17.5. The Morgan fingerprint density at radius 1 is 1.03 bits per heavy atom. The fraction of sp³-hybridized carbons (Fsp3) is 0.455. The minimum absolute atomic E-state index is 0.0724. The van der Waals surface area contributed by atoms with E-state index in [1.165, 1.54) is 14.2 Å². The predicted octanol–water partition coefficient (Wildman–Crippen LogP) is 1.36. The van der Waals surface area contributed by atoms with Gasteiger partial charge in [0.2, 0.25) is 0 Å². The van der Waals surface area contributed by atoms with Crippen LogP contribution < -0.4 is 4.90 Å². The van der Waals surface area contributed by atoms with Crippen LogP contribution in [-0.2, 0) is 36.6 Å². The summed E-state index contributed by atoms with van der Waals surface area (Å²) in [5.41, 5.74) is 1.99. The topological polar surface area (TPSA) is 111 Å². The number of nitrogens with zero attached hydrogens (tertiary/aromatic N) is 3. The number of aromatic nitrogens is 2. The van der Waals surface area contributed by atoms with Crippen molar-refractivity contribution < 1.29 is 28.9 Å². The summed E-state index contributed by atoms with van der Waals surface area (Å²) >= 11 is 0. The summed E-state index contributed by atoms with van der Waals surface area (Å²) in [6, 6.07) is 6.86. The highest BCUT2D eigenvalue weighted by molar-refractivity contribution is 5.84. The van der Waals surface area contributed by atoms with Gasteiger partial charge in [0.05, 0.1) is 50.5 Å². The zero-order valence-corrected chi connectivity index (χ0v) is 17.5. The molecule has 1 aromatic carbocycles. The molecule has 2 atom stereocenters. The number of rotatable bonds is 4. The molecule has 164 valence electrons. The number of hydrogen-bond acceptors (Lipinski definition) is 9. The van der Waals surface area contributed by atoms with E-state index in [1.807, 2.05) is 0 Å². The summed E-state index contributed by atoms with van der Waals surface area (Å²) in [6.07, 6.45) is 0.498. The molecule has 9 heteroatoms. The Morgan fingerprint density at radius 2 is 1.68 bits per heavy atom. The Kier molecular flexibility index (Phi) is 6.03. The molecule has 1 N–H and O–H groups in total. The zero-order chi connectivity index (χ0) is 22.0. The molecule has 2 heterocycles. The van der Waals surface area contributed by atoms with E-state index in [1.54, 1.807) is 24.3 Å². The van der Waals surface area contributed by atoms with Gasteiger partial charge in [-0.2, -0.15) is 0 Å². The number of carbonyl (C=O) groups is 2. The number of para-hydroxylation sites is 1. The molecular weight excluding hydrogens is 402 g/mol. The molecule has 1 aliphatic heterocycles. The average molecular weight is 427 g/mol. The van der Waals surface area contributed by atoms with E-state index < -0.39 is 23.8 Å². The second-order valence-corrected chi connectivity index (χ2v) is 7.58. The van der Waals surface area contributed by atoms with Crippen LogP contribution in [0.15, 0.2) is 24.3 Å². The Balaban J connectivity index is 1.85. The van der Waals surface area contributed by atoms with E-state index in [-0.39, 0.29) is 18.6 Å². The van der Waals surface area contributed by atoms with E-state index >= 15 is 0 Å². The van der Waals surface area contributed by atoms with Crippen molar-refractivity contribution in [1.82, 2.24) is 9.97 Å². The SMILES string of the molecule is COC(=O)C1Cc2nc(-c3ccccc3O)nc(N3CCOCC3)c2CC1C(=O)OC. The van der Waals surface area contributed by atoms with Gasteiger partial charge in [-0.3, -0.25) is 9.59 Å². The second kappa shape index (κ2) is 8.89. The molecule has 0 spiro atoms. The summed E-state index contributed by atoms with van der Waals surface area (Å²) in [4.78, 5) is 36.5. The highest BCUT2D eigenvalue weighted by Crippen LogP contribution is 2.38. The molecule has 9 nitrogen and oxygen atoms in total. The first-order chi connectivity index (χ1) is 15.0. The van der Waals surface area contributed by atoms with Crippen LogP contribution in [-0.4, -0.2) is 67.5 Å². The summed E-state index contributed by atoms with van der Waals surface area (Å²) < 4.78 is 15.4. The lowest BCUT2D eigenvalue weighted by Crippen LogP contribution is -2.41. The van der Waals surface area contributed by atoms with Crippen molar-refractivity contribution in [1.29, 1.82) is 0 Å². The number of anilines is 1. The number of morpholine rings is 1. The number of carbonyl (C=O) groups excluding carboxylic acids is 2. The van der Waals surface area contributed by atoms with Gasteiger partial charge in [-0.25, -0.2) is 9.97 Å². The number of esters is 2. The van der Waals surface area contributed by atoms with Crippen LogP contribution in [0, 0.1) is 11.8 Å². The molecule has 1 aromatic heterocycles. The van der Waals surface area contributed by atoms with Crippen LogP contribution in [0.25, 0.3) is 11.4 Å². The van der Waals surface area contributed by atoms with Crippen molar-refractivity contribution in [2.75, 3.05) is 45.4 Å². The molecule has 1 saturated heterocycles. The number of aromatic hydroxyl groups is 1. The monoisotopic (exact) mass is 427 g/mol. The highest BCUT2D eigenvalue weighted by atomic mass is 16.5. The lowest BCUT2D eigenvalue weighted by atomic mass is 9.77. The van der Waals surface area contributed by atoms with Crippen LogP contribution in [0.5, 0.6) is 5.75 Å². The first-order valence-corrected chi connectivity index (χ1v) is 10.2. The molecule has 4 rings (SSSR count). The largest absolute Gasteiger partial charge is 0.507 e. The lowest BCUT2D eigenvalue weighted by molar-refractivity contribution is -0.158. The molecule has 0 radical (unpaired) electrons. The van der Waals surface area contributed by atoms with Crippen LogP contribution in [0.1, 0.15) is 11.3 Å². The molecule has 1 fully saturated rings. The number of fused-ring (bicyclic) bond motifs is 1. The summed E-state index contributed by atoms with van der Waals surface area (Å²) in [6.45, 7) is 2.42. The fourth-order valence-electron chi connectivity index (χ4n) is 4.23. The predicted molar refractivity (Wildman–Crippen MR) is 111 cm³/mol. The van der Waals surface area contributed by atoms with E-state index in [4.69, 9.17) is 24.2 Å². The van der Waals surface area contributed by atoms with Crippen molar-refractivity contribution in [2.45, 2.75) is 12.8 Å². The Labute approximate surface area is 180 Å². The molecule has 0 amide bonds. The maximum atomic E-state index is 12.5. The third-order valence-electron chi connectivity index (χ3n) is 5.86. The lowest BCUT2D eigenvalue weighted by Gasteiger charge is -2.34. The quantitative estimate of drug-likeness (QED) is 0.723. The third kappa shape index (κ3) is 4.05. The number of hydrogen-bond donors (Lipinski definition) is 1. The second-order valence-electron chi connectivity index (χ2n) is 7.58. The van der Waals surface area contributed by atoms with Gasteiger partial charge >= 0.3 is 11.9 Å². The molecule has 31 heavy (non-hydrogen) atoms. The number of ether oxygens (including phenoxy) is 3. The molecular formula is C22H25N3O6. The summed E-state index contributed by atoms with van der Waals surface area (Å²) in [5.74, 6) is -1.17. The Hall–Kier alpha value is -3.20. The average Bonchev–Trinajstić information content (AvgIpc) is 2.82. The van der Waals surface area contributed by atoms with Crippen molar-refractivity contribution in [3.05, 3.63) is 35.5 Å². The van der Waals surface area contributed by atoms with Crippen molar-refractivity contribution in [2.24, 2.45) is 11.8 Å². The van der Waals surface area contributed by atoms with E-state index in [0.717, 1.165) is 5.56 Å². The molecule has 0 saturated carbocycles. The van der Waals surface area contributed by atoms with Crippen LogP contribution in [0.4, 0.5) is 5.82 Å². The summed E-state index contributed by atoms with van der Waals surface area (Å²) in [7, 11) is 2.62. The molecule has 2 unspecified atom stereocenters. The molecule has 2 aromatic rings. The van der Waals surface area contributed by atoms with Gasteiger partial charge in [0, 0.05) is 25.1 Å². The van der Waals surface area contributed by atoms with Crippen molar-refractivity contribution in [3.8, 4) is 17.1 Å². The smallest absolute Gasteiger partial charge is 0.309 e. The van der Waals surface area contributed by atoms with Crippen LogP contribution in [0.2, 0.25) is 0 Å². The number of benzene rings is 1. The van der Waals surface area contributed by atoms with Crippen LogP contribution >= 0.6 is 0 Å². The maximum Gasteiger partial charge on any atom is 0.309 e. The van der Waals surface area contributed by atoms with Gasteiger partial charge in [-0.1, -0.05) is 12.1 Å². The van der Waals surface area contributed by atoms with E-state index in [0.29, 0.717) is 49.2 Å². The number of phenolic OH excluding ortho intramolecular Hbond substituents is 1. The van der Waals surface area contributed by atoms with Gasteiger partial charge in [-0.15, -0.1) is 0 Å². The van der Waals surface area contributed by atoms with E-state index in [9.17, 15) is 14.7 Å². The first-order valence-electron chi connectivity index (χ1n) is 10.2. The van der Waals surface area contributed by atoms with Gasteiger partial charge in [-0.05, 0) is 18.6 Å². The van der Waals surface area contributed by atoms with Gasteiger partial charge in [0.25, 0.3) is 0 Å². The first kappa shape index (κ1) is 21.0. The van der Waals surface area contributed by atoms with Crippen molar-refractivity contribution >= 4 is 17.8 Å². The Bertz CT molecular complexity index is 989. The molecule has 0 bridgehead atoms. The third-order valence-corrected chi connectivity index (χ3v) is 5.86. The van der Waals surface area contributed by atoms with Crippen molar-refractivity contribution in [3.63, 3.8) is 0 Å². The highest BCUT2D eigenvalue weighted by Gasteiger charge is 2.42. The number of phenols is 1. The maximum absolute atomic E-state index is 12.5. The molecule has 1 aliphatic carbocycles. The minimum atomic E-state index is -0.699. The van der Waals surface area contributed by atoms with Gasteiger partial charge in [0.1, 0.15) is 11.6 Å². The standard InChI is InChI=1S/C22H25N3O6/c1-29-21(27)14-11-16-17(12-15(14)22(28)30-2)23-19(13-5-3-4-6-18(13)26)24-20(16)25-7-9-31-10-8-25/h3-6,14-15,26H,7-12H2,1-2H3.